The van der Waals surface area contributed by atoms with Crippen molar-refractivity contribution in [2.24, 2.45) is 0 Å². The number of carbonyl (C=O) groups is 1. The fraction of sp³-hybridized carbons (Fsp3) is 0.0455. The molecule has 3 aromatic carbocycles. The van der Waals surface area contributed by atoms with Gasteiger partial charge in [-0.05, 0) is 53.6 Å². The molecule has 3 aromatic rings. The Morgan fingerprint density at radius 2 is 1.54 bits per heavy atom. The molecule has 1 saturated heterocycles. The zero-order chi connectivity index (χ0) is 18.1. The van der Waals surface area contributed by atoms with E-state index in [9.17, 15) is 4.79 Å². The van der Waals surface area contributed by atoms with E-state index in [1.165, 1.54) is 0 Å². The first-order valence-corrected chi connectivity index (χ1v) is 9.42. The number of rotatable bonds is 3. The highest BCUT2D eigenvalue weighted by atomic mass is 79.9. The van der Waals surface area contributed by atoms with Crippen LogP contribution < -0.4 is 4.90 Å². The monoisotopic (exact) mass is 423 g/mol. The highest BCUT2D eigenvalue weighted by molar-refractivity contribution is 9.10. The molecule has 0 N–H and O–H groups in total. The van der Waals surface area contributed by atoms with Gasteiger partial charge in [-0.25, -0.2) is 0 Å². The van der Waals surface area contributed by atoms with E-state index in [0.29, 0.717) is 5.02 Å². The quantitative estimate of drug-likeness (QED) is 0.358. The molecule has 1 atom stereocenters. The van der Waals surface area contributed by atoms with Gasteiger partial charge in [-0.3, -0.25) is 9.69 Å². The molecule has 0 aromatic heterocycles. The van der Waals surface area contributed by atoms with Crippen LogP contribution >= 0.6 is 27.5 Å². The maximum absolute atomic E-state index is 12.9. The minimum Gasteiger partial charge on any atom is -0.297 e. The molecule has 1 fully saturated rings. The summed E-state index contributed by atoms with van der Waals surface area (Å²) in [6.07, 6.45) is 1.95. The van der Waals surface area contributed by atoms with Crippen molar-refractivity contribution in [3.63, 3.8) is 0 Å². The largest absolute Gasteiger partial charge is 0.297 e. The first-order chi connectivity index (χ1) is 12.6. The van der Waals surface area contributed by atoms with Crippen LogP contribution in [0.4, 0.5) is 5.69 Å². The summed E-state index contributed by atoms with van der Waals surface area (Å²) in [6.45, 7) is 0. The Balaban J connectivity index is 1.76. The zero-order valence-corrected chi connectivity index (χ0v) is 16.1. The van der Waals surface area contributed by atoms with Crippen molar-refractivity contribution >= 4 is 45.2 Å². The Kier molecular flexibility index (Phi) is 4.66. The summed E-state index contributed by atoms with van der Waals surface area (Å²) in [5.74, 6) is 0.0242. The normalized spacial score (nSPS) is 18.1. The van der Waals surface area contributed by atoms with E-state index < -0.39 is 0 Å². The third-order valence-corrected chi connectivity index (χ3v) is 5.21. The Hall–Kier alpha value is -2.36. The molecule has 1 heterocycles. The maximum Gasteiger partial charge on any atom is 0.257 e. The summed E-state index contributed by atoms with van der Waals surface area (Å²) in [5.41, 5.74) is 3.73. The summed E-state index contributed by atoms with van der Waals surface area (Å²) in [4.78, 5) is 14.8. The van der Waals surface area contributed by atoms with Crippen LogP contribution in [-0.4, -0.2) is 5.91 Å². The fourth-order valence-electron chi connectivity index (χ4n) is 3.16. The van der Waals surface area contributed by atoms with Crippen molar-refractivity contribution in [2.45, 2.75) is 6.04 Å². The van der Waals surface area contributed by atoms with Gasteiger partial charge in [0.2, 0.25) is 0 Å². The molecule has 4 rings (SSSR count). The van der Waals surface area contributed by atoms with E-state index in [0.717, 1.165) is 26.9 Å². The van der Waals surface area contributed by atoms with E-state index in [-0.39, 0.29) is 11.9 Å². The number of amides is 1. The molecule has 0 saturated carbocycles. The van der Waals surface area contributed by atoms with E-state index in [2.05, 4.69) is 28.1 Å². The van der Waals surface area contributed by atoms with Crippen LogP contribution in [0.2, 0.25) is 5.02 Å². The minimum atomic E-state index is -0.0967. The van der Waals surface area contributed by atoms with Gasteiger partial charge in [0.05, 0.1) is 6.04 Å². The summed E-state index contributed by atoms with van der Waals surface area (Å²) in [6, 6.07) is 25.3. The van der Waals surface area contributed by atoms with Gasteiger partial charge in [0.15, 0.2) is 0 Å². The van der Waals surface area contributed by atoms with Gasteiger partial charge >= 0.3 is 0 Å². The highest BCUT2D eigenvalue weighted by Gasteiger charge is 2.43. The van der Waals surface area contributed by atoms with E-state index in [1.54, 1.807) is 0 Å². The second kappa shape index (κ2) is 7.10. The Morgan fingerprint density at radius 3 is 2.19 bits per heavy atom. The molecular weight excluding hydrogens is 410 g/mol. The lowest BCUT2D eigenvalue weighted by molar-refractivity contribution is -0.118. The van der Waals surface area contributed by atoms with Crippen molar-refractivity contribution in [3.8, 4) is 0 Å². The number of hydrogen-bond donors (Lipinski definition) is 0. The Bertz CT molecular complexity index is 965. The minimum absolute atomic E-state index is 0.0242. The molecule has 1 aliphatic rings. The van der Waals surface area contributed by atoms with Crippen molar-refractivity contribution in [1.29, 1.82) is 0 Å². The van der Waals surface area contributed by atoms with Gasteiger partial charge in [-0.1, -0.05) is 70.0 Å². The molecular formula is C22H15BrClNO. The highest BCUT2D eigenvalue weighted by Crippen LogP contribution is 2.44. The number of β-lactam (4-membered cyclic amide) rings is 1. The lowest BCUT2D eigenvalue weighted by atomic mass is 9.86. The molecule has 0 bridgehead atoms. The lowest BCUT2D eigenvalue weighted by Crippen LogP contribution is -2.49. The fourth-order valence-corrected chi connectivity index (χ4v) is 3.55. The number of hydrogen-bond acceptors (Lipinski definition) is 1. The molecule has 1 amide bonds. The summed E-state index contributed by atoms with van der Waals surface area (Å²) in [5, 5.41) is 0.684. The predicted molar refractivity (Wildman–Crippen MR) is 110 cm³/mol. The van der Waals surface area contributed by atoms with E-state index >= 15 is 0 Å². The summed E-state index contributed by atoms with van der Waals surface area (Å²) in [7, 11) is 0. The van der Waals surface area contributed by atoms with Gasteiger partial charge in [0.25, 0.3) is 5.91 Å². The van der Waals surface area contributed by atoms with Gasteiger partial charge in [-0.2, -0.15) is 0 Å². The average molecular weight is 425 g/mol. The van der Waals surface area contributed by atoms with Crippen LogP contribution in [0.15, 0.2) is 88.9 Å². The predicted octanol–water partition coefficient (Wildman–Crippen LogP) is 6.27. The molecule has 4 heteroatoms. The van der Waals surface area contributed by atoms with Crippen LogP contribution in [0.25, 0.3) is 6.08 Å². The van der Waals surface area contributed by atoms with Gasteiger partial charge < -0.3 is 0 Å². The van der Waals surface area contributed by atoms with Crippen LogP contribution in [0.5, 0.6) is 0 Å². The first kappa shape index (κ1) is 17.1. The molecule has 0 radical (unpaired) electrons. The SMILES string of the molecule is O=C1/C(=C\c2ccc(Cl)cc2)C(c2ccccc2)N1c1ccc(Br)cc1. The van der Waals surface area contributed by atoms with Crippen LogP contribution in [0.3, 0.4) is 0 Å². The standard InChI is InChI=1S/C22H15BrClNO/c23-17-8-12-19(13-9-17)25-21(16-4-2-1-3-5-16)20(22(25)26)14-15-6-10-18(24)11-7-15/h1-14,21H/b20-14-. The van der Waals surface area contributed by atoms with Crippen molar-refractivity contribution in [3.05, 3.63) is 105 Å². The maximum atomic E-state index is 12.9. The topological polar surface area (TPSA) is 20.3 Å². The van der Waals surface area contributed by atoms with Crippen molar-refractivity contribution < 1.29 is 4.79 Å². The molecule has 0 aliphatic carbocycles. The zero-order valence-electron chi connectivity index (χ0n) is 13.8. The number of halogens is 2. The molecule has 128 valence electrons. The molecule has 2 nitrogen and oxygen atoms in total. The smallest absolute Gasteiger partial charge is 0.257 e. The van der Waals surface area contributed by atoms with Crippen molar-refractivity contribution in [2.75, 3.05) is 4.90 Å². The summed E-state index contributed by atoms with van der Waals surface area (Å²) >= 11 is 9.41. The van der Waals surface area contributed by atoms with Crippen LogP contribution in [-0.2, 0) is 4.79 Å². The average Bonchev–Trinajstić information content (AvgIpc) is 2.67. The third kappa shape index (κ3) is 3.20. The van der Waals surface area contributed by atoms with Crippen molar-refractivity contribution in [1.82, 2.24) is 0 Å². The third-order valence-electron chi connectivity index (χ3n) is 4.43. The Morgan fingerprint density at radius 1 is 0.885 bits per heavy atom. The second-order valence-electron chi connectivity index (χ2n) is 6.12. The second-order valence-corrected chi connectivity index (χ2v) is 7.47. The van der Waals surface area contributed by atoms with Gasteiger partial charge in [0, 0.05) is 20.8 Å². The van der Waals surface area contributed by atoms with Crippen LogP contribution in [0.1, 0.15) is 17.2 Å². The summed E-state index contributed by atoms with van der Waals surface area (Å²) < 4.78 is 0.988. The molecule has 1 aliphatic heterocycles. The van der Waals surface area contributed by atoms with Gasteiger partial charge in [0.1, 0.15) is 0 Å². The number of carbonyl (C=O) groups excluding carboxylic acids is 1. The van der Waals surface area contributed by atoms with E-state index in [4.69, 9.17) is 11.6 Å². The number of benzene rings is 3. The number of anilines is 1. The number of nitrogens with zero attached hydrogens (tertiary/aromatic N) is 1. The van der Waals surface area contributed by atoms with Gasteiger partial charge in [-0.15, -0.1) is 0 Å². The lowest BCUT2D eigenvalue weighted by Gasteiger charge is -2.43. The van der Waals surface area contributed by atoms with E-state index in [1.807, 2.05) is 77.7 Å². The molecule has 26 heavy (non-hydrogen) atoms. The molecule has 1 unspecified atom stereocenters. The first-order valence-electron chi connectivity index (χ1n) is 8.25. The Labute approximate surface area is 165 Å². The van der Waals surface area contributed by atoms with Crippen LogP contribution in [0, 0.1) is 0 Å². The molecule has 0 spiro atoms.